The standard InChI is InChI=1S/C22H28N2OS/c1-15-9-12-26-20(15)14-24-13-19(16-3-5-18(25-2)6-4-16)22-21(24)17-7-10-23(22)11-8-17/h3-6,9,12,17,19,21-22H,7-8,10-11,13-14H2,1-2H3/t19-,21+,22+/m1/s1. The maximum absolute atomic E-state index is 5.37. The summed E-state index contributed by atoms with van der Waals surface area (Å²) in [7, 11) is 1.75. The van der Waals surface area contributed by atoms with Crippen molar-refractivity contribution in [1.29, 1.82) is 0 Å². The summed E-state index contributed by atoms with van der Waals surface area (Å²) in [5.74, 6) is 2.46. The predicted octanol–water partition coefficient (Wildman–Crippen LogP) is 4.13. The monoisotopic (exact) mass is 368 g/mol. The first kappa shape index (κ1) is 16.8. The summed E-state index contributed by atoms with van der Waals surface area (Å²) in [6, 6.07) is 12.5. The van der Waals surface area contributed by atoms with Gasteiger partial charge in [0, 0.05) is 36.0 Å². The van der Waals surface area contributed by atoms with Crippen molar-refractivity contribution in [2.24, 2.45) is 5.92 Å². The second-order valence-corrected chi connectivity index (χ2v) is 9.19. The molecular formula is C22H28N2OS. The number of rotatable bonds is 4. The summed E-state index contributed by atoms with van der Waals surface area (Å²) >= 11 is 1.93. The number of likely N-dealkylation sites (tertiary alicyclic amines) is 1. The van der Waals surface area contributed by atoms with E-state index in [2.05, 4.69) is 52.4 Å². The molecule has 0 N–H and O–H groups in total. The first-order valence-electron chi connectivity index (χ1n) is 9.89. The lowest BCUT2D eigenvalue weighted by Crippen LogP contribution is -2.59. The van der Waals surface area contributed by atoms with Crippen molar-refractivity contribution in [3.05, 3.63) is 51.7 Å². The minimum Gasteiger partial charge on any atom is -0.497 e. The smallest absolute Gasteiger partial charge is 0.118 e. The van der Waals surface area contributed by atoms with E-state index in [0.717, 1.165) is 24.3 Å². The third kappa shape index (κ3) is 2.70. The number of aryl methyl sites for hydroxylation is 1. The summed E-state index contributed by atoms with van der Waals surface area (Å²) in [4.78, 5) is 7.16. The van der Waals surface area contributed by atoms with Crippen LogP contribution in [0.5, 0.6) is 5.75 Å². The molecule has 0 radical (unpaired) electrons. The predicted molar refractivity (Wildman–Crippen MR) is 107 cm³/mol. The van der Waals surface area contributed by atoms with E-state index < -0.39 is 0 Å². The van der Waals surface area contributed by atoms with Crippen molar-refractivity contribution in [1.82, 2.24) is 9.80 Å². The number of piperidine rings is 3. The van der Waals surface area contributed by atoms with Crippen molar-refractivity contribution < 1.29 is 4.74 Å². The molecular weight excluding hydrogens is 340 g/mol. The van der Waals surface area contributed by atoms with Crippen LogP contribution in [-0.4, -0.2) is 48.6 Å². The van der Waals surface area contributed by atoms with Crippen LogP contribution in [0.1, 0.15) is 34.8 Å². The zero-order valence-corrected chi connectivity index (χ0v) is 16.5. The fraction of sp³-hybridized carbons (Fsp3) is 0.545. The number of nitrogens with zero attached hydrogens (tertiary/aromatic N) is 2. The Morgan fingerprint density at radius 2 is 1.85 bits per heavy atom. The number of thiophene rings is 1. The third-order valence-electron chi connectivity index (χ3n) is 6.95. The lowest BCUT2D eigenvalue weighted by molar-refractivity contribution is -0.00848. The Morgan fingerprint density at radius 1 is 1.08 bits per heavy atom. The molecule has 2 bridgehead atoms. The largest absolute Gasteiger partial charge is 0.497 e. The van der Waals surface area contributed by atoms with Crippen LogP contribution in [0.25, 0.3) is 0 Å². The zero-order valence-electron chi connectivity index (χ0n) is 15.7. The number of ether oxygens (including phenoxy) is 1. The molecule has 6 rings (SSSR count). The number of hydrogen-bond acceptors (Lipinski definition) is 4. The van der Waals surface area contributed by atoms with Gasteiger partial charge in [0.25, 0.3) is 0 Å². The lowest BCUT2D eigenvalue weighted by Gasteiger charge is -2.51. The van der Waals surface area contributed by atoms with Gasteiger partial charge in [0.1, 0.15) is 5.75 Å². The Morgan fingerprint density at radius 3 is 2.50 bits per heavy atom. The van der Waals surface area contributed by atoms with Gasteiger partial charge in [0.15, 0.2) is 0 Å². The van der Waals surface area contributed by atoms with Crippen molar-refractivity contribution in [2.75, 3.05) is 26.7 Å². The average molecular weight is 369 g/mol. The van der Waals surface area contributed by atoms with Crippen LogP contribution >= 0.6 is 11.3 Å². The highest BCUT2D eigenvalue weighted by atomic mass is 32.1. The van der Waals surface area contributed by atoms with E-state index in [1.807, 2.05) is 11.3 Å². The Labute approximate surface area is 160 Å². The average Bonchev–Trinajstić information content (AvgIpc) is 3.28. The van der Waals surface area contributed by atoms with E-state index in [-0.39, 0.29) is 0 Å². The highest BCUT2D eigenvalue weighted by Crippen LogP contribution is 2.47. The third-order valence-corrected chi connectivity index (χ3v) is 7.96. The van der Waals surface area contributed by atoms with Gasteiger partial charge in [-0.2, -0.15) is 0 Å². The number of fused-ring (bicyclic) bond motifs is 2. The lowest BCUT2D eigenvalue weighted by atomic mass is 9.75. The molecule has 1 aromatic carbocycles. The van der Waals surface area contributed by atoms with Crippen LogP contribution in [-0.2, 0) is 6.54 Å². The SMILES string of the molecule is COc1ccc([C@H]2CN(Cc3sccc3C)[C@H]3C4CCN(CC4)[C@@H]23)cc1. The first-order valence-corrected chi connectivity index (χ1v) is 10.8. The van der Waals surface area contributed by atoms with Crippen molar-refractivity contribution in [2.45, 2.75) is 44.3 Å². The molecule has 0 amide bonds. The van der Waals surface area contributed by atoms with Crippen LogP contribution in [0.2, 0.25) is 0 Å². The molecule has 4 fully saturated rings. The van der Waals surface area contributed by atoms with Crippen LogP contribution in [0.15, 0.2) is 35.7 Å². The van der Waals surface area contributed by atoms with Gasteiger partial charge >= 0.3 is 0 Å². The van der Waals surface area contributed by atoms with Gasteiger partial charge in [-0.15, -0.1) is 11.3 Å². The van der Waals surface area contributed by atoms with Gasteiger partial charge in [0.05, 0.1) is 7.11 Å². The topological polar surface area (TPSA) is 15.7 Å². The van der Waals surface area contributed by atoms with Gasteiger partial charge in [-0.3, -0.25) is 9.80 Å². The summed E-state index contributed by atoms with van der Waals surface area (Å²) in [5, 5.41) is 2.25. The minimum atomic E-state index is 0.620. The van der Waals surface area contributed by atoms with Gasteiger partial charge in [0.2, 0.25) is 0 Å². The Kier molecular flexibility index (Phi) is 4.30. The second kappa shape index (κ2) is 6.66. The molecule has 0 saturated carbocycles. The van der Waals surface area contributed by atoms with Crippen LogP contribution < -0.4 is 4.74 Å². The molecule has 3 nitrogen and oxygen atoms in total. The summed E-state index contributed by atoms with van der Waals surface area (Å²) < 4.78 is 5.37. The van der Waals surface area contributed by atoms with Crippen molar-refractivity contribution >= 4 is 11.3 Å². The second-order valence-electron chi connectivity index (χ2n) is 8.19. The van der Waals surface area contributed by atoms with Gasteiger partial charge in [-0.25, -0.2) is 0 Å². The summed E-state index contributed by atoms with van der Waals surface area (Å²) in [5.41, 5.74) is 2.94. The van der Waals surface area contributed by atoms with E-state index in [1.54, 1.807) is 12.0 Å². The fourth-order valence-electron chi connectivity index (χ4n) is 5.62. The van der Waals surface area contributed by atoms with Gasteiger partial charge in [-0.1, -0.05) is 12.1 Å². The van der Waals surface area contributed by atoms with Crippen molar-refractivity contribution in [3.8, 4) is 5.75 Å². The van der Waals surface area contributed by atoms with E-state index in [0.29, 0.717) is 12.0 Å². The van der Waals surface area contributed by atoms with Crippen LogP contribution in [0, 0.1) is 12.8 Å². The van der Waals surface area contributed by atoms with E-state index in [1.165, 1.54) is 43.6 Å². The summed E-state index contributed by atoms with van der Waals surface area (Å²) in [6.45, 7) is 7.17. The molecule has 0 spiro atoms. The minimum absolute atomic E-state index is 0.620. The fourth-order valence-corrected chi connectivity index (χ4v) is 6.55. The Hall–Kier alpha value is -1.36. The molecule has 1 aromatic heterocycles. The van der Waals surface area contributed by atoms with Gasteiger partial charge in [-0.05, 0) is 73.5 Å². The molecule has 3 atom stereocenters. The molecule has 0 unspecified atom stereocenters. The highest BCUT2D eigenvalue weighted by molar-refractivity contribution is 7.10. The molecule has 4 heteroatoms. The number of hydrogen-bond donors (Lipinski definition) is 0. The van der Waals surface area contributed by atoms with E-state index in [9.17, 15) is 0 Å². The van der Waals surface area contributed by atoms with Crippen LogP contribution in [0.4, 0.5) is 0 Å². The zero-order chi connectivity index (χ0) is 17.7. The maximum Gasteiger partial charge on any atom is 0.118 e. The Balaban J connectivity index is 1.47. The van der Waals surface area contributed by atoms with E-state index >= 15 is 0 Å². The first-order chi connectivity index (χ1) is 12.7. The molecule has 4 aliphatic rings. The molecule has 4 aliphatic heterocycles. The molecule has 138 valence electrons. The molecule has 4 saturated heterocycles. The maximum atomic E-state index is 5.37. The molecule has 2 aromatic rings. The normalized spacial score (nSPS) is 33.4. The Bertz CT molecular complexity index is 763. The van der Waals surface area contributed by atoms with E-state index in [4.69, 9.17) is 4.74 Å². The molecule has 5 heterocycles. The van der Waals surface area contributed by atoms with Crippen LogP contribution in [0.3, 0.4) is 0 Å². The number of benzene rings is 1. The number of methoxy groups -OCH3 is 1. The molecule has 0 aliphatic carbocycles. The quantitative estimate of drug-likeness (QED) is 0.807. The summed E-state index contributed by atoms with van der Waals surface area (Å²) in [6.07, 6.45) is 2.77. The van der Waals surface area contributed by atoms with Gasteiger partial charge < -0.3 is 4.74 Å². The highest BCUT2D eigenvalue weighted by Gasteiger charge is 2.53. The van der Waals surface area contributed by atoms with Crippen molar-refractivity contribution in [3.63, 3.8) is 0 Å². The molecule has 26 heavy (non-hydrogen) atoms.